The van der Waals surface area contributed by atoms with Gasteiger partial charge < -0.3 is 9.47 Å². The van der Waals surface area contributed by atoms with E-state index in [9.17, 15) is 9.59 Å². The van der Waals surface area contributed by atoms with Crippen LogP contribution in [0.3, 0.4) is 0 Å². The summed E-state index contributed by atoms with van der Waals surface area (Å²) in [5, 5.41) is 1.42. The minimum Gasteiger partial charge on any atom is -0.464 e. The van der Waals surface area contributed by atoms with Gasteiger partial charge in [-0.3, -0.25) is 0 Å². The molecule has 2 rings (SSSR count). The molecule has 0 spiro atoms. The van der Waals surface area contributed by atoms with Crippen molar-refractivity contribution in [3.63, 3.8) is 0 Å². The minimum atomic E-state index is -0.659. The van der Waals surface area contributed by atoms with Crippen LogP contribution in [0.15, 0.2) is 24.3 Å². The van der Waals surface area contributed by atoms with Crippen molar-refractivity contribution in [1.29, 1.82) is 0 Å². The Kier molecular flexibility index (Phi) is 4.60. The van der Waals surface area contributed by atoms with Crippen LogP contribution in [0.4, 0.5) is 4.79 Å². The number of benzene rings is 1. The zero-order chi connectivity index (χ0) is 16.5. The molecule has 5 nitrogen and oxygen atoms in total. The molecule has 0 fully saturated rings. The number of ether oxygens (including phenoxy) is 2. The number of aromatic nitrogens is 1. The van der Waals surface area contributed by atoms with Gasteiger partial charge in [0.25, 0.3) is 0 Å². The number of carbonyl (C=O) groups is 2. The van der Waals surface area contributed by atoms with Gasteiger partial charge in [-0.1, -0.05) is 28.1 Å². The molecule has 1 aromatic heterocycles. The monoisotopic (exact) mass is 367 g/mol. The van der Waals surface area contributed by atoms with Crippen molar-refractivity contribution in [1.82, 2.24) is 4.57 Å². The largest absolute Gasteiger partial charge is 0.464 e. The van der Waals surface area contributed by atoms with Crippen molar-refractivity contribution in [3.05, 3.63) is 35.5 Å². The van der Waals surface area contributed by atoms with E-state index < -0.39 is 17.7 Å². The Morgan fingerprint density at radius 1 is 1.23 bits per heavy atom. The Labute approximate surface area is 137 Å². The molecule has 2 aromatic rings. The van der Waals surface area contributed by atoms with Crippen LogP contribution in [0, 0.1) is 0 Å². The molecule has 6 heteroatoms. The van der Waals surface area contributed by atoms with Gasteiger partial charge in [-0.2, -0.15) is 0 Å². The van der Waals surface area contributed by atoms with Crippen molar-refractivity contribution in [3.8, 4) is 0 Å². The maximum atomic E-state index is 12.5. The van der Waals surface area contributed by atoms with Gasteiger partial charge in [-0.25, -0.2) is 14.2 Å². The van der Waals surface area contributed by atoms with Crippen molar-refractivity contribution in [2.75, 3.05) is 7.11 Å². The first-order valence-electron chi connectivity index (χ1n) is 6.79. The molecular formula is C16H18BrNO4. The predicted octanol–water partition coefficient (Wildman–Crippen LogP) is 4.11. The average molecular weight is 368 g/mol. The number of methoxy groups -OCH3 is 1. The van der Waals surface area contributed by atoms with Crippen LogP contribution in [-0.4, -0.2) is 29.3 Å². The highest BCUT2D eigenvalue weighted by molar-refractivity contribution is 9.08. The lowest BCUT2D eigenvalue weighted by Gasteiger charge is -2.20. The molecule has 1 heterocycles. The van der Waals surface area contributed by atoms with E-state index in [0.29, 0.717) is 10.8 Å². The summed E-state index contributed by atoms with van der Waals surface area (Å²) in [5.41, 5.74) is 1.10. The number of nitrogens with zero attached hydrogens (tertiary/aromatic N) is 1. The second-order valence-electron chi connectivity index (χ2n) is 5.86. The van der Waals surface area contributed by atoms with E-state index in [4.69, 9.17) is 9.47 Å². The standard InChI is InChI=1S/C16H18BrNO4/c1-16(2,3)22-15(20)18-12-7-10(9-17)5-6-11(12)8-13(18)14(19)21-4/h5-8H,9H2,1-4H3. The first kappa shape index (κ1) is 16.5. The fourth-order valence-electron chi connectivity index (χ4n) is 2.09. The first-order chi connectivity index (χ1) is 10.3. The van der Waals surface area contributed by atoms with Crippen LogP contribution < -0.4 is 0 Å². The molecule has 0 radical (unpaired) electrons. The number of hydrogen-bond acceptors (Lipinski definition) is 4. The van der Waals surface area contributed by atoms with Crippen LogP contribution in [-0.2, 0) is 14.8 Å². The Balaban J connectivity index is 2.65. The zero-order valence-electron chi connectivity index (χ0n) is 13.0. The van der Waals surface area contributed by atoms with Crippen LogP contribution >= 0.6 is 15.9 Å². The molecule has 0 unspecified atom stereocenters. The van der Waals surface area contributed by atoms with Gasteiger partial charge in [0.05, 0.1) is 12.6 Å². The normalized spacial score (nSPS) is 11.5. The van der Waals surface area contributed by atoms with Gasteiger partial charge in [0, 0.05) is 10.7 Å². The number of alkyl halides is 1. The maximum Gasteiger partial charge on any atom is 0.419 e. The fourth-order valence-corrected chi connectivity index (χ4v) is 2.44. The average Bonchev–Trinajstić information content (AvgIpc) is 2.82. The molecule has 0 saturated carbocycles. The van der Waals surface area contributed by atoms with E-state index in [1.807, 2.05) is 18.2 Å². The summed E-state index contributed by atoms with van der Waals surface area (Å²) in [4.78, 5) is 24.5. The zero-order valence-corrected chi connectivity index (χ0v) is 14.6. The van der Waals surface area contributed by atoms with Gasteiger partial charge in [0.2, 0.25) is 0 Å². The lowest BCUT2D eigenvalue weighted by molar-refractivity contribution is 0.0489. The number of rotatable bonds is 2. The number of carbonyl (C=O) groups excluding carboxylic acids is 2. The molecule has 118 valence electrons. The molecular weight excluding hydrogens is 350 g/mol. The topological polar surface area (TPSA) is 57.5 Å². The number of fused-ring (bicyclic) bond motifs is 1. The molecule has 0 amide bonds. The SMILES string of the molecule is COC(=O)c1cc2ccc(CBr)cc2n1C(=O)OC(C)(C)C. The molecule has 0 N–H and O–H groups in total. The Hall–Kier alpha value is -1.82. The lowest BCUT2D eigenvalue weighted by Crippen LogP contribution is -2.29. The smallest absolute Gasteiger partial charge is 0.419 e. The Bertz CT molecular complexity index is 728. The summed E-state index contributed by atoms with van der Waals surface area (Å²) >= 11 is 3.39. The summed E-state index contributed by atoms with van der Waals surface area (Å²) in [6.07, 6.45) is -0.602. The third-order valence-electron chi connectivity index (χ3n) is 2.99. The van der Waals surface area contributed by atoms with Crippen molar-refractivity contribution in [2.45, 2.75) is 31.7 Å². The molecule has 22 heavy (non-hydrogen) atoms. The van der Waals surface area contributed by atoms with Gasteiger partial charge in [-0.05, 0) is 38.5 Å². The predicted molar refractivity (Wildman–Crippen MR) is 87.5 cm³/mol. The van der Waals surface area contributed by atoms with E-state index in [-0.39, 0.29) is 5.69 Å². The third-order valence-corrected chi connectivity index (χ3v) is 3.64. The van der Waals surface area contributed by atoms with Crippen LogP contribution in [0.5, 0.6) is 0 Å². The van der Waals surface area contributed by atoms with E-state index in [1.165, 1.54) is 11.7 Å². The summed E-state index contributed by atoms with van der Waals surface area (Å²) in [7, 11) is 1.28. The molecule has 1 aromatic carbocycles. The molecule has 0 atom stereocenters. The number of esters is 1. The quantitative estimate of drug-likeness (QED) is 0.592. The van der Waals surface area contributed by atoms with Gasteiger partial charge in [-0.15, -0.1) is 0 Å². The minimum absolute atomic E-state index is 0.151. The lowest BCUT2D eigenvalue weighted by atomic mass is 10.2. The highest BCUT2D eigenvalue weighted by Crippen LogP contribution is 2.24. The van der Waals surface area contributed by atoms with Gasteiger partial charge in [0.15, 0.2) is 0 Å². The Morgan fingerprint density at radius 2 is 1.91 bits per heavy atom. The van der Waals surface area contributed by atoms with Crippen molar-refractivity contribution in [2.24, 2.45) is 0 Å². The summed E-state index contributed by atoms with van der Waals surface area (Å²) in [6, 6.07) is 7.26. The molecule has 0 bridgehead atoms. The second kappa shape index (κ2) is 6.12. The number of halogens is 1. The van der Waals surface area contributed by atoms with Crippen molar-refractivity contribution >= 4 is 38.9 Å². The van der Waals surface area contributed by atoms with E-state index in [0.717, 1.165) is 10.9 Å². The fraction of sp³-hybridized carbons (Fsp3) is 0.375. The van der Waals surface area contributed by atoms with Gasteiger partial charge >= 0.3 is 12.1 Å². The molecule has 0 aliphatic carbocycles. The highest BCUT2D eigenvalue weighted by Gasteiger charge is 2.25. The van der Waals surface area contributed by atoms with E-state index >= 15 is 0 Å². The maximum absolute atomic E-state index is 12.5. The molecule has 0 aliphatic heterocycles. The summed E-state index contributed by atoms with van der Waals surface area (Å²) in [6.45, 7) is 5.33. The molecule has 0 saturated heterocycles. The molecule has 0 aliphatic rings. The highest BCUT2D eigenvalue weighted by atomic mass is 79.9. The Morgan fingerprint density at radius 3 is 2.45 bits per heavy atom. The van der Waals surface area contributed by atoms with Crippen molar-refractivity contribution < 1.29 is 19.1 Å². The summed E-state index contributed by atoms with van der Waals surface area (Å²) in [5.74, 6) is -0.581. The van der Waals surface area contributed by atoms with E-state index in [2.05, 4.69) is 15.9 Å². The van der Waals surface area contributed by atoms with Crippen LogP contribution in [0.2, 0.25) is 0 Å². The van der Waals surface area contributed by atoms with Crippen LogP contribution in [0.25, 0.3) is 10.9 Å². The second-order valence-corrected chi connectivity index (χ2v) is 6.42. The van der Waals surface area contributed by atoms with E-state index in [1.54, 1.807) is 26.8 Å². The first-order valence-corrected chi connectivity index (χ1v) is 7.91. The van der Waals surface area contributed by atoms with Gasteiger partial charge in [0.1, 0.15) is 11.3 Å². The van der Waals surface area contributed by atoms with Crippen LogP contribution in [0.1, 0.15) is 36.8 Å². The summed E-state index contributed by atoms with van der Waals surface area (Å²) < 4.78 is 11.4. The third kappa shape index (κ3) is 3.32. The number of hydrogen-bond donors (Lipinski definition) is 0.